The second-order valence-corrected chi connectivity index (χ2v) is 5.55. The molecule has 1 heterocycles. The van der Waals surface area contributed by atoms with Crippen LogP contribution < -0.4 is 5.73 Å². The third-order valence-corrected chi connectivity index (χ3v) is 3.93. The van der Waals surface area contributed by atoms with Gasteiger partial charge in [0.15, 0.2) is 0 Å². The maximum Gasteiger partial charge on any atom is 0.0749 e. The molecular weight excluding hydrogens is 256 g/mol. The summed E-state index contributed by atoms with van der Waals surface area (Å²) in [6.07, 6.45) is 3.75. The van der Waals surface area contributed by atoms with Crippen LogP contribution in [-0.4, -0.2) is 4.98 Å². The highest BCUT2D eigenvalue weighted by molar-refractivity contribution is 5.81. The van der Waals surface area contributed by atoms with Gasteiger partial charge in [0.25, 0.3) is 0 Å². The van der Waals surface area contributed by atoms with Gasteiger partial charge in [0, 0.05) is 17.6 Å². The van der Waals surface area contributed by atoms with E-state index in [0.29, 0.717) is 0 Å². The number of para-hydroxylation sites is 1. The van der Waals surface area contributed by atoms with E-state index in [0.717, 1.165) is 29.3 Å². The van der Waals surface area contributed by atoms with Gasteiger partial charge in [0.2, 0.25) is 0 Å². The number of hydrogen-bond acceptors (Lipinski definition) is 2. The van der Waals surface area contributed by atoms with Gasteiger partial charge in [0.1, 0.15) is 0 Å². The maximum absolute atomic E-state index is 6.40. The first-order chi connectivity index (χ1) is 10.2. The summed E-state index contributed by atoms with van der Waals surface area (Å²) in [5, 5.41) is 1.15. The number of rotatable bonds is 4. The first kappa shape index (κ1) is 13.8. The Hall–Kier alpha value is -2.19. The van der Waals surface area contributed by atoms with E-state index in [2.05, 4.69) is 60.4 Å². The van der Waals surface area contributed by atoms with Crippen LogP contribution in [-0.2, 0) is 6.42 Å². The van der Waals surface area contributed by atoms with Crippen molar-refractivity contribution >= 4 is 10.9 Å². The van der Waals surface area contributed by atoms with Gasteiger partial charge < -0.3 is 5.73 Å². The molecule has 2 heteroatoms. The number of pyridine rings is 1. The van der Waals surface area contributed by atoms with Crippen LogP contribution in [0.4, 0.5) is 0 Å². The van der Waals surface area contributed by atoms with Crippen LogP contribution in [0.5, 0.6) is 0 Å². The van der Waals surface area contributed by atoms with E-state index >= 15 is 0 Å². The Morgan fingerprint density at radius 3 is 2.57 bits per heavy atom. The first-order valence-electron chi connectivity index (χ1n) is 7.39. The lowest BCUT2D eigenvalue weighted by Gasteiger charge is -2.14. The van der Waals surface area contributed by atoms with Crippen molar-refractivity contribution in [3.63, 3.8) is 0 Å². The second-order valence-electron chi connectivity index (χ2n) is 5.55. The van der Waals surface area contributed by atoms with Crippen molar-refractivity contribution in [1.29, 1.82) is 0 Å². The molecule has 0 amide bonds. The lowest BCUT2D eigenvalue weighted by molar-refractivity contribution is 0.654. The normalized spacial score (nSPS) is 12.5. The quantitative estimate of drug-likeness (QED) is 0.776. The molecule has 2 nitrogen and oxygen atoms in total. The average Bonchev–Trinajstić information content (AvgIpc) is 2.53. The number of aromatic nitrogens is 1. The Labute approximate surface area is 125 Å². The lowest BCUT2D eigenvalue weighted by atomic mass is 9.97. The number of hydrogen-bond donors (Lipinski definition) is 1. The number of nitrogens with zero attached hydrogens (tertiary/aromatic N) is 1. The predicted octanol–water partition coefficient (Wildman–Crippen LogP) is 4.18. The molecule has 0 saturated heterocycles. The van der Waals surface area contributed by atoms with Crippen molar-refractivity contribution < 1.29 is 0 Å². The number of fused-ring (bicyclic) bond motifs is 1. The molecule has 0 radical (unpaired) electrons. The molecule has 3 aromatic rings. The molecule has 0 aliphatic rings. The highest BCUT2D eigenvalue weighted by Crippen LogP contribution is 2.24. The Morgan fingerprint density at radius 2 is 1.76 bits per heavy atom. The third kappa shape index (κ3) is 3.11. The van der Waals surface area contributed by atoms with Crippen molar-refractivity contribution in [3.05, 3.63) is 77.5 Å². The smallest absolute Gasteiger partial charge is 0.0749 e. The monoisotopic (exact) mass is 276 g/mol. The molecule has 0 aliphatic carbocycles. The average molecular weight is 276 g/mol. The van der Waals surface area contributed by atoms with Gasteiger partial charge in [-0.25, -0.2) is 0 Å². The van der Waals surface area contributed by atoms with Gasteiger partial charge in [-0.2, -0.15) is 0 Å². The molecular formula is C19H20N2. The van der Waals surface area contributed by atoms with Crippen LogP contribution >= 0.6 is 0 Å². The topological polar surface area (TPSA) is 38.9 Å². The second kappa shape index (κ2) is 6.06. The van der Waals surface area contributed by atoms with Gasteiger partial charge in [-0.3, -0.25) is 4.98 Å². The number of benzene rings is 2. The summed E-state index contributed by atoms with van der Waals surface area (Å²) >= 11 is 0. The molecule has 1 unspecified atom stereocenters. The standard InChI is InChI=1S/C19H20N2/c1-14-7-9-15(10-8-14)11-12-18(20)17-6-2-4-16-5-3-13-21-19(16)17/h2-10,13,18H,11-12,20H2,1H3. The van der Waals surface area contributed by atoms with Gasteiger partial charge in [-0.05, 0) is 37.0 Å². The van der Waals surface area contributed by atoms with Crippen LogP contribution in [0.2, 0.25) is 0 Å². The van der Waals surface area contributed by atoms with Gasteiger partial charge in [-0.1, -0.05) is 54.1 Å². The highest BCUT2D eigenvalue weighted by Gasteiger charge is 2.10. The van der Waals surface area contributed by atoms with Gasteiger partial charge >= 0.3 is 0 Å². The SMILES string of the molecule is Cc1ccc(CCC(N)c2cccc3cccnc23)cc1. The van der Waals surface area contributed by atoms with Crippen LogP contribution in [0.3, 0.4) is 0 Å². The summed E-state index contributed by atoms with van der Waals surface area (Å²) in [6, 6.07) is 19.0. The molecule has 1 atom stereocenters. The van der Waals surface area contributed by atoms with E-state index in [1.807, 2.05) is 12.3 Å². The van der Waals surface area contributed by atoms with E-state index < -0.39 is 0 Å². The summed E-state index contributed by atoms with van der Waals surface area (Å²) < 4.78 is 0. The fraction of sp³-hybridized carbons (Fsp3) is 0.211. The molecule has 0 bridgehead atoms. The van der Waals surface area contributed by atoms with Gasteiger partial charge in [-0.15, -0.1) is 0 Å². The van der Waals surface area contributed by atoms with Crippen molar-refractivity contribution in [3.8, 4) is 0 Å². The summed E-state index contributed by atoms with van der Waals surface area (Å²) in [5.74, 6) is 0. The fourth-order valence-electron chi connectivity index (χ4n) is 2.66. The fourth-order valence-corrected chi connectivity index (χ4v) is 2.66. The zero-order valence-corrected chi connectivity index (χ0v) is 12.3. The third-order valence-electron chi connectivity index (χ3n) is 3.93. The Bertz CT molecular complexity index is 727. The van der Waals surface area contributed by atoms with Crippen LogP contribution in [0.1, 0.15) is 29.2 Å². The molecule has 0 saturated carbocycles. The van der Waals surface area contributed by atoms with E-state index in [1.54, 1.807) is 0 Å². The molecule has 2 N–H and O–H groups in total. The molecule has 1 aromatic heterocycles. The Balaban J connectivity index is 1.78. The molecule has 0 fully saturated rings. The summed E-state index contributed by atoms with van der Waals surface area (Å²) in [5.41, 5.74) is 11.2. The zero-order chi connectivity index (χ0) is 14.7. The maximum atomic E-state index is 6.40. The minimum absolute atomic E-state index is 0.0184. The molecule has 21 heavy (non-hydrogen) atoms. The van der Waals surface area contributed by atoms with E-state index in [9.17, 15) is 0 Å². The van der Waals surface area contributed by atoms with Crippen LogP contribution in [0, 0.1) is 6.92 Å². The molecule has 2 aromatic carbocycles. The van der Waals surface area contributed by atoms with Gasteiger partial charge in [0.05, 0.1) is 5.52 Å². The molecule has 0 spiro atoms. The van der Waals surface area contributed by atoms with Crippen LogP contribution in [0.15, 0.2) is 60.8 Å². The minimum Gasteiger partial charge on any atom is -0.324 e. The largest absolute Gasteiger partial charge is 0.324 e. The van der Waals surface area contributed by atoms with E-state index in [1.165, 1.54) is 11.1 Å². The predicted molar refractivity (Wildman–Crippen MR) is 88.2 cm³/mol. The lowest BCUT2D eigenvalue weighted by Crippen LogP contribution is -2.12. The highest BCUT2D eigenvalue weighted by atomic mass is 14.7. The molecule has 0 aliphatic heterocycles. The number of nitrogens with two attached hydrogens (primary N) is 1. The number of aryl methyl sites for hydroxylation is 2. The summed E-state index contributed by atoms with van der Waals surface area (Å²) in [4.78, 5) is 4.49. The van der Waals surface area contributed by atoms with Crippen molar-refractivity contribution in [2.75, 3.05) is 0 Å². The molecule has 3 rings (SSSR count). The van der Waals surface area contributed by atoms with Crippen LogP contribution in [0.25, 0.3) is 10.9 Å². The van der Waals surface area contributed by atoms with E-state index in [4.69, 9.17) is 5.73 Å². The van der Waals surface area contributed by atoms with E-state index in [-0.39, 0.29) is 6.04 Å². The van der Waals surface area contributed by atoms with Crippen molar-refractivity contribution in [2.45, 2.75) is 25.8 Å². The Morgan fingerprint density at radius 1 is 1.00 bits per heavy atom. The summed E-state index contributed by atoms with van der Waals surface area (Å²) in [7, 11) is 0. The minimum atomic E-state index is 0.0184. The van der Waals surface area contributed by atoms with Crippen molar-refractivity contribution in [1.82, 2.24) is 4.98 Å². The molecule has 106 valence electrons. The Kier molecular flexibility index (Phi) is 3.98. The zero-order valence-electron chi connectivity index (χ0n) is 12.3. The van der Waals surface area contributed by atoms with Crippen molar-refractivity contribution in [2.24, 2.45) is 5.73 Å². The first-order valence-corrected chi connectivity index (χ1v) is 7.39. The summed E-state index contributed by atoms with van der Waals surface area (Å²) in [6.45, 7) is 2.11.